The minimum atomic E-state index is -4.63. The van der Waals surface area contributed by atoms with Gasteiger partial charge in [-0.25, -0.2) is 0 Å². The van der Waals surface area contributed by atoms with Crippen molar-refractivity contribution < 1.29 is 32.2 Å². The average Bonchev–Trinajstić information content (AvgIpc) is 3.38. The lowest BCUT2D eigenvalue weighted by Crippen LogP contribution is -2.48. The maximum Gasteiger partial charge on any atom is 0.420 e. The predicted molar refractivity (Wildman–Crippen MR) is 112 cm³/mol. The zero-order valence-electron chi connectivity index (χ0n) is 17.9. The van der Waals surface area contributed by atoms with Crippen molar-refractivity contribution in [2.24, 2.45) is 0 Å². The van der Waals surface area contributed by atoms with Crippen LogP contribution in [0.1, 0.15) is 34.6 Å². The van der Waals surface area contributed by atoms with Crippen molar-refractivity contribution in [3.63, 3.8) is 0 Å². The molecule has 0 bridgehead atoms. The van der Waals surface area contributed by atoms with Gasteiger partial charge in [0.15, 0.2) is 0 Å². The fourth-order valence-corrected chi connectivity index (χ4v) is 3.19. The highest BCUT2D eigenvalue weighted by atomic mass is 19.4. The van der Waals surface area contributed by atoms with Crippen LogP contribution in [-0.4, -0.2) is 39.6 Å². The summed E-state index contributed by atoms with van der Waals surface area (Å²) in [5, 5.41) is 11.7. The van der Waals surface area contributed by atoms with Gasteiger partial charge in [-0.3, -0.25) is 19.7 Å². The summed E-state index contributed by atoms with van der Waals surface area (Å²) in [5.41, 5.74) is -1.32. The maximum absolute atomic E-state index is 13.3. The van der Waals surface area contributed by atoms with Gasteiger partial charge in [-0.2, -0.15) is 18.3 Å². The third-order valence-corrected chi connectivity index (χ3v) is 5.22. The summed E-state index contributed by atoms with van der Waals surface area (Å²) in [6.07, 6.45) is -0.867. The van der Waals surface area contributed by atoms with Crippen LogP contribution in [0.25, 0.3) is 0 Å². The van der Waals surface area contributed by atoms with Gasteiger partial charge < -0.3 is 20.1 Å². The molecule has 0 spiro atoms. The van der Waals surface area contributed by atoms with E-state index in [0.717, 1.165) is 6.07 Å². The van der Waals surface area contributed by atoms with Crippen molar-refractivity contribution in [1.82, 2.24) is 25.8 Å². The fraction of sp³-hybridized carbons (Fsp3) is 0.273. The lowest BCUT2D eigenvalue weighted by Gasteiger charge is -2.17. The number of methoxy groups -OCH3 is 1. The van der Waals surface area contributed by atoms with Crippen molar-refractivity contribution in [2.45, 2.75) is 31.1 Å². The van der Waals surface area contributed by atoms with E-state index < -0.39 is 23.2 Å². The number of alkyl halides is 3. The van der Waals surface area contributed by atoms with Gasteiger partial charge in [0.1, 0.15) is 34.0 Å². The van der Waals surface area contributed by atoms with Crippen molar-refractivity contribution in [3.8, 4) is 17.2 Å². The molecule has 1 aliphatic rings. The molecule has 3 N–H and O–H groups in total. The first-order valence-electron chi connectivity index (χ1n) is 10.2. The summed E-state index contributed by atoms with van der Waals surface area (Å²) >= 11 is 0. The molecule has 12 heteroatoms. The Kier molecular flexibility index (Phi) is 6.14. The first kappa shape index (κ1) is 23.1. The lowest BCUT2D eigenvalue weighted by atomic mass is 10.2. The summed E-state index contributed by atoms with van der Waals surface area (Å²) in [6, 6.07) is 7.85. The molecule has 2 aromatic heterocycles. The summed E-state index contributed by atoms with van der Waals surface area (Å²) in [5.74, 6) is -1.05. The van der Waals surface area contributed by atoms with E-state index in [1.807, 2.05) is 0 Å². The number of hydrogen-bond donors (Lipinski definition) is 3. The second-order valence-electron chi connectivity index (χ2n) is 7.63. The number of benzene rings is 1. The molecular formula is C22H20F3N5O4. The highest BCUT2D eigenvalue weighted by Crippen LogP contribution is 2.40. The monoisotopic (exact) mass is 475 g/mol. The van der Waals surface area contributed by atoms with E-state index in [1.54, 1.807) is 0 Å². The Balaban J connectivity index is 1.36. The molecule has 4 rings (SSSR count). The zero-order valence-corrected chi connectivity index (χ0v) is 17.9. The highest BCUT2D eigenvalue weighted by molar-refractivity contribution is 5.99. The van der Waals surface area contributed by atoms with Gasteiger partial charge in [0.25, 0.3) is 5.91 Å². The molecule has 0 saturated heterocycles. The van der Waals surface area contributed by atoms with Crippen LogP contribution in [0.5, 0.6) is 17.2 Å². The molecule has 3 aromatic rings. The number of hydrogen-bond acceptors (Lipinski definition) is 6. The largest absolute Gasteiger partial charge is 0.497 e. The van der Waals surface area contributed by atoms with Crippen molar-refractivity contribution >= 4 is 11.8 Å². The van der Waals surface area contributed by atoms with E-state index in [-0.39, 0.29) is 35.4 Å². The van der Waals surface area contributed by atoms with E-state index >= 15 is 0 Å². The van der Waals surface area contributed by atoms with Crippen LogP contribution >= 0.6 is 0 Å². The maximum atomic E-state index is 13.3. The Morgan fingerprint density at radius 2 is 1.91 bits per heavy atom. The number of ether oxygens (including phenoxy) is 2. The van der Waals surface area contributed by atoms with Gasteiger partial charge in [-0.15, -0.1) is 0 Å². The summed E-state index contributed by atoms with van der Waals surface area (Å²) < 4.78 is 50.3. The molecule has 1 aromatic carbocycles. The van der Waals surface area contributed by atoms with Crippen molar-refractivity contribution in [2.75, 3.05) is 7.11 Å². The van der Waals surface area contributed by atoms with Crippen LogP contribution in [-0.2, 0) is 17.5 Å². The molecule has 0 unspecified atom stereocenters. The highest BCUT2D eigenvalue weighted by Gasteiger charge is 2.51. The molecule has 178 valence electrons. The quantitative estimate of drug-likeness (QED) is 0.461. The van der Waals surface area contributed by atoms with Crippen LogP contribution in [0, 0.1) is 0 Å². The van der Waals surface area contributed by atoms with E-state index in [1.165, 1.54) is 49.8 Å². The predicted octanol–water partition coefficient (Wildman–Crippen LogP) is 3.20. The first-order chi connectivity index (χ1) is 16.2. The number of H-pyrrole nitrogens is 1. The number of carbonyl (C=O) groups excluding carboxylic acids is 2. The number of aromatic nitrogens is 3. The molecule has 1 fully saturated rings. The number of amides is 2. The van der Waals surface area contributed by atoms with Crippen molar-refractivity contribution in [1.29, 1.82) is 0 Å². The summed E-state index contributed by atoms with van der Waals surface area (Å²) in [7, 11) is 1.27. The Morgan fingerprint density at radius 3 is 2.50 bits per heavy atom. The topological polar surface area (TPSA) is 118 Å². The van der Waals surface area contributed by atoms with Gasteiger partial charge in [0.2, 0.25) is 5.91 Å². The minimum absolute atomic E-state index is 0.0536. The van der Waals surface area contributed by atoms with Gasteiger partial charge >= 0.3 is 6.18 Å². The molecule has 34 heavy (non-hydrogen) atoms. The number of halogens is 3. The van der Waals surface area contributed by atoms with Crippen LogP contribution in [0.4, 0.5) is 13.2 Å². The minimum Gasteiger partial charge on any atom is -0.497 e. The molecular weight excluding hydrogens is 455 g/mol. The van der Waals surface area contributed by atoms with Crippen molar-refractivity contribution in [3.05, 3.63) is 65.7 Å². The Labute approximate surface area is 191 Å². The van der Waals surface area contributed by atoms with Crippen LogP contribution in [0.2, 0.25) is 0 Å². The molecule has 9 nitrogen and oxygen atoms in total. The number of rotatable bonds is 8. The standard InChI is InChI=1S/C22H20F3N5O4/c1-33-14-4-5-18(16(10-14)22(23,24)25)34-15-3-2-13(26-12-15)11-27-20(32)21(7-8-21)29-19(31)17-6-9-28-30-17/h2-6,9-10,12H,7-8,11H2,1H3,(H,27,32)(H,28,30)(H,29,31). The van der Waals surface area contributed by atoms with E-state index in [9.17, 15) is 22.8 Å². The number of nitrogens with one attached hydrogen (secondary N) is 3. The Morgan fingerprint density at radius 1 is 1.15 bits per heavy atom. The lowest BCUT2D eigenvalue weighted by molar-refractivity contribution is -0.138. The van der Waals surface area contributed by atoms with Gasteiger partial charge in [0.05, 0.1) is 25.5 Å². The Hall–Kier alpha value is -4.09. The number of aromatic amines is 1. The molecule has 2 heterocycles. The molecule has 1 aliphatic carbocycles. The summed E-state index contributed by atoms with van der Waals surface area (Å²) in [4.78, 5) is 28.9. The van der Waals surface area contributed by atoms with Gasteiger partial charge in [0, 0.05) is 6.20 Å². The second-order valence-corrected chi connectivity index (χ2v) is 7.63. The van der Waals surface area contributed by atoms with Gasteiger partial charge in [-0.1, -0.05) is 0 Å². The smallest absolute Gasteiger partial charge is 0.420 e. The molecule has 0 atom stereocenters. The Bertz CT molecular complexity index is 1180. The van der Waals surface area contributed by atoms with Gasteiger partial charge in [-0.05, 0) is 49.2 Å². The average molecular weight is 475 g/mol. The number of carbonyl (C=O) groups is 2. The van der Waals surface area contributed by atoms with Crippen LogP contribution < -0.4 is 20.1 Å². The fourth-order valence-electron chi connectivity index (χ4n) is 3.19. The van der Waals surface area contributed by atoms with E-state index in [4.69, 9.17) is 9.47 Å². The first-order valence-corrected chi connectivity index (χ1v) is 10.2. The van der Waals surface area contributed by atoms with Crippen LogP contribution in [0.3, 0.4) is 0 Å². The third-order valence-electron chi connectivity index (χ3n) is 5.22. The molecule has 1 saturated carbocycles. The molecule has 0 radical (unpaired) electrons. The van der Waals surface area contributed by atoms with E-state index in [2.05, 4.69) is 25.8 Å². The summed E-state index contributed by atoms with van der Waals surface area (Å²) in [6.45, 7) is 0.0650. The third kappa shape index (κ3) is 5.11. The molecule has 0 aliphatic heterocycles. The second kappa shape index (κ2) is 9.04. The molecule has 2 amide bonds. The zero-order chi connectivity index (χ0) is 24.3. The van der Waals surface area contributed by atoms with Crippen LogP contribution in [0.15, 0.2) is 48.8 Å². The van der Waals surface area contributed by atoms with E-state index in [0.29, 0.717) is 18.5 Å². The SMILES string of the molecule is COc1ccc(Oc2ccc(CNC(=O)C3(NC(=O)c4cc[nH]n4)CC3)nc2)c(C(F)(F)F)c1. The number of pyridine rings is 1. The number of nitrogens with zero attached hydrogens (tertiary/aromatic N) is 2. The normalized spacial score (nSPS) is 14.2.